The van der Waals surface area contributed by atoms with E-state index in [1.54, 1.807) is 24.3 Å². The van der Waals surface area contributed by atoms with Crippen LogP contribution in [0.3, 0.4) is 0 Å². The highest BCUT2D eigenvalue weighted by Gasteiger charge is 2.13. The van der Waals surface area contributed by atoms with Crippen LogP contribution in [0.4, 0.5) is 11.4 Å². The fourth-order valence-electron chi connectivity index (χ4n) is 2.94. The van der Waals surface area contributed by atoms with Gasteiger partial charge < -0.3 is 10.6 Å². The standard InChI is InChI=1S/C22H18N4O6/c27-21(17-6-2-8-19(11-17)25(29)30)23-13-15-4-1-5-16(10-15)14-24-22(28)18-7-3-9-20(12-18)26(31)32/h1-12H,13-14H2,(H,23,27)(H,24,28). The van der Waals surface area contributed by atoms with E-state index in [0.717, 1.165) is 11.1 Å². The van der Waals surface area contributed by atoms with Crippen molar-refractivity contribution in [2.24, 2.45) is 0 Å². The lowest BCUT2D eigenvalue weighted by molar-refractivity contribution is -0.385. The van der Waals surface area contributed by atoms with Gasteiger partial charge in [-0.05, 0) is 23.3 Å². The Hall–Kier alpha value is -4.60. The maximum Gasteiger partial charge on any atom is 0.270 e. The number of nitrogens with zero attached hydrogens (tertiary/aromatic N) is 2. The van der Waals surface area contributed by atoms with Crippen molar-refractivity contribution >= 4 is 23.2 Å². The Morgan fingerprint density at radius 2 is 1.06 bits per heavy atom. The molecule has 3 rings (SSSR count). The van der Waals surface area contributed by atoms with Crippen molar-refractivity contribution in [2.45, 2.75) is 13.1 Å². The average Bonchev–Trinajstić information content (AvgIpc) is 2.81. The molecule has 0 saturated heterocycles. The number of nitrogens with one attached hydrogen (secondary N) is 2. The average molecular weight is 434 g/mol. The van der Waals surface area contributed by atoms with Crippen LogP contribution in [-0.2, 0) is 13.1 Å². The molecule has 0 aliphatic heterocycles. The molecule has 10 heteroatoms. The molecule has 10 nitrogen and oxygen atoms in total. The van der Waals surface area contributed by atoms with Crippen molar-refractivity contribution < 1.29 is 19.4 Å². The molecule has 3 aromatic carbocycles. The maximum absolute atomic E-state index is 12.3. The van der Waals surface area contributed by atoms with Crippen LogP contribution in [0.15, 0.2) is 72.8 Å². The molecule has 0 radical (unpaired) electrons. The summed E-state index contributed by atoms with van der Waals surface area (Å²) < 4.78 is 0. The first-order chi connectivity index (χ1) is 15.3. The van der Waals surface area contributed by atoms with Crippen molar-refractivity contribution in [3.05, 3.63) is 115 Å². The third kappa shape index (κ3) is 5.72. The van der Waals surface area contributed by atoms with Crippen LogP contribution >= 0.6 is 0 Å². The zero-order valence-electron chi connectivity index (χ0n) is 16.7. The van der Waals surface area contributed by atoms with Gasteiger partial charge in [-0.1, -0.05) is 36.4 Å². The number of amides is 2. The molecule has 0 saturated carbocycles. The second-order valence-corrected chi connectivity index (χ2v) is 6.80. The van der Waals surface area contributed by atoms with Crippen LogP contribution in [0.25, 0.3) is 0 Å². The van der Waals surface area contributed by atoms with E-state index in [1.165, 1.54) is 48.5 Å². The van der Waals surface area contributed by atoms with Crippen LogP contribution in [0.5, 0.6) is 0 Å². The number of nitro groups is 2. The minimum Gasteiger partial charge on any atom is -0.348 e. The third-order valence-corrected chi connectivity index (χ3v) is 4.54. The van der Waals surface area contributed by atoms with E-state index >= 15 is 0 Å². The summed E-state index contributed by atoms with van der Waals surface area (Å²) in [7, 11) is 0. The number of non-ortho nitro benzene ring substituents is 2. The quantitative estimate of drug-likeness (QED) is 0.411. The second kappa shape index (κ2) is 9.94. The fourth-order valence-corrected chi connectivity index (χ4v) is 2.94. The van der Waals surface area contributed by atoms with Gasteiger partial charge in [0, 0.05) is 48.5 Å². The molecule has 3 aromatic rings. The summed E-state index contributed by atoms with van der Waals surface area (Å²) in [5.41, 5.74) is 1.56. The lowest BCUT2D eigenvalue weighted by Crippen LogP contribution is -2.24. The molecule has 0 aromatic heterocycles. The molecule has 0 atom stereocenters. The van der Waals surface area contributed by atoms with E-state index in [4.69, 9.17) is 0 Å². The van der Waals surface area contributed by atoms with Gasteiger partial charge in [0.05, 0.1) is 9.85 Å². The van der Waals surface area contributed by atoms with Crippen LogP contribution in [0.1, 0.15) is 31.8 Å². The minimum atomic E-state index is -0.567. The predicted octanol–water partition coefficient (Wildman–Crippen LogP) is 3.36. The smallest absolute Gasteiger partial charge is 0.270 e. The van der Waals surface area contributed by atoms with Crippen molar-refractivity contribution in [3.63, 3.8) is 0 Å². The van der Waals surface area contributed by atoms with Gasteiger partial charge in [0.15, 0.2) is 0 Å². The predicted molar refractivity (Wildman–Crippen MR) is 115 cm³/mol. The third-order valence-electron chi connectivity index (χ3n) is 4.54. The molecular formula is C22H18N4O6. The minimum absolute atomic E-state index is 0.167. The zero-order valence-corrected chi connectivity index (χ0v) is 16.7. The van der Waals surface area contributed by atoms with E-state index in [9.17, 15) is 29.8 Å². The van der Waals surface area contributed by atoms with Crippen molar-refractivity contribution in [1.82, 2.24) is 10.6 Å². The number of rotatable bonds is 8. The monoisotopic (exact) mass is 434 g/mol. The summed E-state index contributed by atoms with van der Waals surface area (Å²) in [4.78, 5) is 45.1. The number of carbonyl (C=O) groups is 2. The molecule has 162 valence electrons. The highest BCUT2D eigenvalue weighted by Crippen LogP contribution is 2.14. The Morgan fingerprint density at radius 1 is 0.656 bits per heavy atom. The number of hydrogen-bond donors (Lipinski definition) is 2. The van der Waals surface area contributed by atoms with Gasteiger partial charge in [0.1, 0.15) is 0 Å². The molecule has 0 heterocycles. The first-order valence-electron chi connectivity index (χ1n) is 9.46. The molecule has 0 aliphatic rings. The van der Waals surface area contributed by atoms with Crippen LogP contribution < -0.4 is 10.6 Å². The van der Waals surface area contributed by atoms with Gasteiger partial charge >= 0.3 is 0 Å². The van der Waals surface area contributed by atoms with Gasteiger partial charge in [0.2, 0.25) is 0 Å². The fraction of sp³-hybridized carbons (Fsp3) is 0.0909. The van der Waals surface area contributed by atoms with Gasteiger partial charge in [-0.15, -0.1) is 0 Å². The van der Waals surface area contributed by atoms with E-state index in [1.807, 2.05) is 0 Å². The van der Waals surface area contributed by atoms with Crippen molar-refractivity contribution in [1.29, 1.82) is 0 Å². The maximum atomic E-state index is 12.3. The van der Waals surface area contributed by atoms with Crippen molar-refractivity contribution in [2.75, 3.05) is 0 Å². The topological polar surface area (TPSA) is 144 Å². The van der Waals surface area contributed by atoms with Crippen LogP contribution in [0, 0.1) is 20.2 Å². The highest BCUT2D eigenvalue weighted by molar-refractivity contribution is 5.95. The Morgan fingerprint density at radius 3 is 1.47 bits per heavy atom. The number of nitro benzene ring substituents is 2. The first-order valence-corrected chi connectivity index (χ1v) is 9.46. The number of benzene rings is 3. The van der Waals surface area contributed by atoms with E-state index < -0.39 is 21.7 Å². The largest absolute Gasteiger partial charge is 0.348 e. The second-order valence-electron chi connectivity index (χ2n) is 6.80. The number of carbonyl (C=O) groups excluding carboxylic acids is 2. The zero-order chi connectivity index (χ0) is 23.1. The molecule has 0 unspecified atom stereocenters. The SMILES string of the molecule is O=C(NCc1cccc(CNC(=O)c2cccc([N+](=O)[O-])c2)c1)c1cccc([N+](=O)[O-])c1. The van der Waals surface area contributed by atoms with Gasteiger partial charge in [-0.25, -0.2) is 0 Å². The summed E-state index contributed by atoms with van der Waals surface area (Å²) in [5, 5.41) is 27.1. The summed E-state index contributed by atoms with van der Waals surface area (Å²) in [6, 6.07) is 18.0. The lowest BCUT2D eigenvalue weighted by Gasteiger charge is -2.09. The summed E-state index contributed by atoms with van der Waals surface area (Å²) in [6.07, 6.45) is 0. The Labute approximate surface area is 182 Å². The Bertz CT molecular complexity index is 1110. The van der Waals surface area contributed by atoms with E-state index in [0.29, 0.717) is 0 Å². The van der Waals surface area contributed by atoms with Gasteiger partial charge in [0.25, 0.3) is 23.2 Å². The molecule has 2 amide bonds. The molecule has 0 aliphatic carbocycles. The summed E-state index contributed by atoms with van der Waals surface area (Å²) in [5.74, 6) is -0.892. The molecule has 0 bridgehead atoms. The Balaban J connectivity index is 1.58. The summed E-state index contributed by atoms with van der Waals surface area (Å²) in [6.45, 7) is 0.377. The summed E-state index contributed by atoms with van der Waals surface area (Å²) >= 11 is 0. The van der Waals surface area contributed by atoms with Crippen LogP contribution in [-0.4, -0.2) is 21.7 Å². The molecule has 0 fully saturated rings. The highest BCUT2D eigenvalue weighted by atomic mass is 16.6. The Kier molecular flexibility index (Phi) is 6.86. The molecule has 0 spiro atoms. The first kappa shape index (κ1) is 22.1. The molecule has 32 heavy (non-hydrogen) atoms. The lowest BCUT2D eigenvalue weighted by atomic mass is 10.1. The van der Waals surface area contributed by atoms with Gasteiger partial charge in [-0.3, -0.25) is 29.8 Å². The normalized spacial score (nSPS) is 10.2. The van der Waals surface area contributed by atoms with Crippen molar-refractivity contribution in [3.8, 4) is 0 Å². The number of hydrogen-bond acceptors (Lipinski definition) is 6. The van der Waals surface area contributed by atoms with Gasteiger partial charge in [-0.2, -0.15) is 0 Å². The van der Waals surface area contributed by atoms with Crippen LogP contribution in [0.2, 0.25) is 0 Å². The van der Waals surface area contributed by atoms with E-state index in [2.05, 4.69) is 10.6 Å². The molecule has 2 N–H and O–H groups in total. The molecular weight excluding hydrogens is 416 g/mol. The van der Waals surface area contributed by atoms with E-state index in [-0.39, 0.29) is 35.6 Å².